The predicted octanol–water partition coefficient (Wildman–Crippen LogP) is 1.16. The van der Waals surface area contributed by atoms with Crippen LogP contribution in [0.3, 0.4) is 0 Å². The van der Waals surface area contributed by atoms with E-state index in [-0.39, 0.29) is 27.9 Å². The van der Waals surface area contributed by atoms with E-state index in [4.69, 9.17) is 25.8 Å². The summed E-state index contributed by atoms with van der Waals surface area (Å²) in [5.74, 6) is -0.231. The molecule has 1 unspecified atom stereocenters. The standard InChI is InChI=1S/C15H23N3O4S.C8H11NO2/c1-3-18-8-4-5-11(18)10-17-15(19)13-9-12(23(16,20)21)6-7-14(13)22-2;9-4-3-6-1-2-7(10)8(11)5-6/h6-7,9,11H,3-5,8,10H2,1-2H3,(H,17,19)(H2,16,20,21);1-2,5,10-11H,3-4,9H2. The van der Waals surface area contributed by atoms with Crippen LogP contribution in [0.2, 0.25) is 0 Å². The minimum atomic E-state index is -3.87. The monoisotopic (exact) mass is 494 g/mol. The molecule has 1 aliphatic rings. The molecule has 1 heterocycles. The van der Waals surface area contributed by atoms with Crippen LogP contribution in [0.25, 0.3) is 0 Å². The van der Waals surface area contributed by atoms with E-state index in [1.54, 1.807) is 6.07 Å². The molecular weight excluding hydrogens is 460 g/mol. The van der Waals surface area contributed by atoms with Crippen LogP contribution in [0.15, 0.2) is 41.3 Å². The second-order valence-electron chi connectivity index (χ2n) is 7.90. The second-order valence-corrected chi connectivity index (χ2v) is 9.46. The number of carbonyl (C=O) groups is 1. The Morgan fingerprint density at radius 2 is 1.94 bits per heavy atom. The van der Waals surface area contributed by atoms with E-state index in [0.29, 0.717) is 31.3 Å². The lowest BCUT2D eigenvalue weighted by Gasteiger charge is -2.23. The van der Waals surface area contributed by atoms with Crippen molar-refractivity contribution >= 4 is 15.9 Å². The van der Waals surface area contributed by atoms with E-state index in [1.807, 2.05) is 0 Å². The molecule has 34 heavy (non-hydrogen) atoms. The van der Waals surface area contributed by atoms with Crippen molar-refractivity contribution in [3.8, 4) is 17.2 Å². The van der Waals surface area contributed by atoms with Gasteiger partial charge in [0.1, 0.15) is 5.75 Å². The van der Waals surface area contributed by atoms with Crippen molar-refractivity contribution in [1.29, 1.82) is 0 Å². The van der Waals surface area contributed by atoms with Crippen LogP contribution < -0.4 is 20.9 Å². The van der Waals surface area contributed by atoms with Gasteiger partial charge in [0.25, 0.3) is 5.91 Å². The Hall–Kier alpha value is -2.86. The van der Waals surface area contributed by atoms with Gasteiger partial charge in [0.05, 0.1) is 17.6 Å². The highest BCUT2D eigenvalue weighted by Gasteiger charge is 2.24. The lowest BCUT2D eigenvalue weighted by atomic mass is 10.1. The Morgan fingerprint density at radius 3 is 2.53 bits per heavy atom. The van der Waals surface area contributed by atoms with Crippen molar-refractivity contribution in [3.05, 3.63) is 47.5 Å². The average molecular weight is 495 g/mol. The number of sulfonamides is 1. The highest BCUT2D eigenvalue weighted by Crippen LogP contribution is 2.25. The van der Waals surface area contributed by atoms with Gasteiger partial charge in [-0.3, -0.25) is 9.69 Å². The summed E-state index contributed by atoms with van der Waals surface area (Å²) in [5, 5.41) is 25.9. The van der Waals surface area contributed by atoms with Gasteiger partial charge in [-0.15, -0.1) is 0 Å². The first kappa shape index (κ1) is 27.4. The van der Waals surface area contributed by atoms with Crippen LogP contribution >= 0.6 is 0 Å². The minimum Gasteiger partial charge on any atom is -0.504 e. The van der Waals surface area contributed by atoms with E-state index in [9.17, 15) is 13.2 Å². The summed E-state index contributed by atoms with van der Waals surface area (Å²) in [6, 6.07) is 9.03. The van der Waals surface area contributed by atoms with Crippen molar-refractivity contribution in [2.45, 2.75) is 37.1 Å². The number of amides is 1. The molecule has 2 aromatic rings. The number of primary sulfonamides is 1. The molecule has 0 aromatic heterocycles. The zero-order valence-corrected chi connectivity index (χ0v) is 20.3. The van der Waals surface area contributed by atoms with Gasteiger partial charge in [0, 0.05) is 12.6 Å². The number of nitrogens with zero attached hydrogens (tertiary/aromatic N) is 1. The van der Waals surface area contributed by atoms with E-state index < -0.39 is 10.0 Å². The lowest BCUT2D eigenvalue weighted by Crippen LogP contribution is -2.40. The third-order valence-corrected chi connectivity index (χ3v) is 6.53. The van der Waals surface area contributed by atoms with Crippen LogP contribution in [0, 0.1) is 0 Å². The van der Waals surface area contributed by atoms with E-state index in [2.05, 4.69) is 17.1 Å². The third kappa shape index (κ3) is 7.59. The Balaban J connectivity index is 0.000000310. The number of hydrogen-bond acceptors (Lipinski definition) is 8. The van der Waals surface area contributed by atoms with Crippen molar-refractivity contribution in [3.63, 3.8) is 0 Å². The topological polar surface area (TPSA) is 168 Å². The molecule has 2 aromatic carbocycles. The van der Waals surface area contributed by atoms with Crippen molar-refractivity contribution in [2.24, 2.45) is 10.9 Å². The van der Waals surface area contributed by atoms with Gasteiger partial charge >= 0.3 is 0 Å². The molecule has 0 aliphatic carbocycles. The number of methoxy groups -OCH3 is 1. The van der Waals surface area contributed by atoms with Crippen LogP contribution in [-0.2, 0) is 16.4 Å². The number of aromatic hydroxyl groups is 2. The van der Waals surface area contributed by atoms with Crippen LogP contribution in [0.5, 0.6) is 17.2 Å². The SMILES string of the molecule is CCN1CCCC1CNC(=O)c1cc(S(N)(=O)=O)ccc1OC.NCCc1ccc(O)c(O)c1. The number of phenolic OH excluding ortho intramolecular Hbond substituents is 2. The van der Waals surface area contributed by atoms with Gasteiger partial charge in [-0.2, -0.15) is 0 Å². The number of nitrogens with two attached hydrogens (primary N) is 2. The zero-order chi connectivity index (χ0) is 25.3. The number of benzene rings is 2. The Bertz CT molecular complexity index is 1080. The Morgan fingerprint density at radius 1 is 1.21 bits per heavy atom. The Kier molecular flexibility index (Phi) is 10.1. The first-order valence-electron chi connectivity index (χ1n) is 11.0. The summed E-state index contributed by atoms with van der Waals surface area (Å²) in [5.41, 5.74) is 6.40. The summed E-state index contributed by atoms with van der Waals surface area (Å²) in [7, 11) is -2.44. The van der Waals surface area contributed by atoms with E-state index >= 15 is 0 Å². The minimum absolute atomic E-state index is 0.0871. The van der Waals surface area contributed by atoms with Gasteiger partial charge in [-0.1, -0.05) is 13.0 Å². The fourth-order valence-corrected chi connectivity index (χ4v) is 4.32. The number of likely N-dealkylation sites (tertiary alicyclic amines) is 1. The normalized spacial score (nSPS) is 15.9. The summed E-state index contributed by atoms with van der Waals surface area (Å²) in [6.07, 6.45) is 2.88. The summed E-state index contributed by atoms with van der Waals surface area (Å²) in [4.78, 5) is 14.6. The van der Waals surface area contributed by atoms with Crippen LogP contribution in [-0.4, -0.2) is 68.8 Å². The average Bonchev–Trinajstić information content (AvgIpc) is 3.27. The molecule has 0 bridgehead atoms. The molecule has 11 heteroatoms. The maximum absolute atomic E-state index is 12.4. The summed E-state index contributed by atoms with van der Waals surface area (Å²) >= 11 is 0. The fourth-order valence-electron chi connectivity index (χ4n) is 3.78. The molecular formula is C23H34N4O6S. The first-order chi connectivity index (χ1) is 16.1. The molecule has 3 rings (SSSR count). The number of carbonyl (C=O) groups excluding carboxylic acids is 1. The quantitative estimate of drug-likeness (QED) is 0.341. The van der Waals surface area contributed by atoms with Gasteiger partial charge in [0.2, 0.25) is 10.0 Å². The molecule has 1 saturated heterocycles. The molecule has 0 spiro atoms. The van der Waals surface area contributed by atoms with Gasteiger partial charge in [0.15, 0.2) is 11.5 Å². The zero-order valence-electron chi connectivity index (χ0n) is 19.5. The molecule has 1 amide bonds. The smallest absolute Gasteiger partial charge is 0.255 e. The van der Waals surface area contributed by atoms with E-state index in [1.165, 1.54) is 37.4 Å². The molecule has 1 atom stereocenters. The molecule has 1 fully saturated rings. The van der Waals surface area contributed by atoms with E-state index in [0.717, 1.165) is 31.5 Å². The largest absolute Gasteiger partial charge is 0.504 e. The maximum Gasteiger partial charge on any atom is 0.255 e. The summed E-state index contributed by atoms with van der Waals surface area (Å²) in [6.45, 7) is 5.16. The highest BCUT2D eigenvalue weighted by atomic mass is 32.2. The number of hydrogen-bond donors (Lipinski definition) is 5. The molecule has 188 valence electrons. The molecule has 0 radical (unpaired) electrons. The highest BCUT2D eigenvalue weighted by molar-refractivity contribution is 7.89. The first-order valence-corrected chi connectivity index (χ1v) is 12.6. The van der Waals surface area contributed by atoms with Gasteiger partial charge < -0.3 is 26.0 Å². The number of rotatable bonds is 8. The van der Waals surface area contributed by atoms with Crippen molar-refractivity contribution < 1.29 is 28.2 Å². The molecule has 0 saturated carbocycles. The molecule has 10 nitrogen and oxygen atoms in total. The summed E-state index contributed by atoms with van der Waals surface area (Å²) < 4.78 is 28.1. The fraction of sp³-hybridized carbons (Fsp3) is 0.435. The third-order valence-electron chi connectivity index (χ3n) is 5.62. The number of phenols is 2. The van der Waals surface area contributed by atoms with Crippen molar-refractivity contribution in [2.75, 3.05) is 33.3 Å². The Labute approximate surface area is 200 Å². The number of ether oxygens (including phenoxy) is 1. The van der Waals surface area contributed by atoms with Crippen LogP contribution in [0.4, 0.5) is 0 Å². The predicted molar refractivity (Wildman–Crippen MR) is 129 cm³/mol. The number of nitrogens with one attached hydrogen (secondary N) is 1. The lowest BCUT2D eigenvalue weighted by molar-refractivity contribution is 0.0938. The number of likely N-dealkylation sites (N-methyl/N-ethyl adjacent to an activating group) is 1. The van der Waals surface area contributed by atoms with Gasteiger partial charge in [-0.05, 0) is 74.8 Å². The second kappa shape index (κ2) is 12.6. The maximum atomic E-state index is 12.4. The molecule has 7 N–H and O–H groups in total. The van der Waals surface area contributed by atoms with Crippen LogP contribution in [0.1, 0.15) is 35.7 Å². The van der Waals surface area contributed by atoms with Crippen molar-refractivity contribution in [1.82, 2.24) is 10.2 Å². The van der Waals surface area contributed by atoms with Gasteiger partial charge in [-0.25, -0.2) is 13.6 Å². The molecule has 1 aliphatic heterocycles.